The van der Waals surface area contributed by atoms with Gasteiger partial charge in [0.15, 0.2) is 0 Å². The maximum absolute atomic E-state index is 11.6. The zero-order chi connectivity index (χ0) is 16.7. The van der Waals surface area contributed by atoms with E-state index in [2.05, 4.69) is 5.32 Å². The first-order valence-electron chi connectivity index (χ1n) is 7.52. The third-order valence-electron chi connectivity index (χ3n) is 3.38. The average Bonchev–Trinajstić information content (AvgIpc) is 2.88. The number of carboxylic acids is 1. The van der Waals surface area contributed by atoms with Crippen LogP contribution in [-0.2, 0) is 22.5 Å². The maximum atomic E-state index is 11.6. The molecule has 1 aromatic rings. The Morgan fingerprint density at radius 2 is 2.09 bits per heavy atom. The Hall–Kier alpha value is -1.82. The lowest BCUT2D eigenvalue weighted by Crippen LogP contribution is -2.29. The first-order chi connectivity index (χ1) is 10.4. The van der Waals surface area contributed by atoms with Gasteiger partial charge in [-0.25, -0.2) is 4.79 Å². The Labute approximate surface area is 130 Å². The smallest absolute Gasteiger partial charge is 0.341 e. The van der Waals surface area contributed by atoms with Crippen LogP contribution in [0, 0.1) is 11.8 Å². The highest BCUT2D eigenvalue weighted by molar-refractivity contribution is 5.90. The SMILES string of the molecule is CCc1oc(CNCC(CC(C)C)C(=O)O)cc1C(=O)OC. The molecular formula is C16H25NO5. The van der Waals surface area contributed by atoms with Crippen LogP contribution in [0.15, 0.2) is 10.5 Å². The molecule has 0 aliphatic carbocycles. The van der Waals surface area contributed by atoms with E-state index in [1.165, 1.54) is 7.11 Å². The summed E-state index contributed by atoms with van der Waals surface area (Å²) in [5.41, 5.74) is 0.429. The lowest BCUT2D eigenvalue weighted by atomic mass is 9.97. The Kier molecular flexibility index (Phi) is 7.11. The Balaban J connectivity index is 2.62. The van der Waals surface area contributed by atoms with Crippen molar-refractivity contribution in [3.63, 3.8) is 0 Å². The zero-order valence-electron chi connectivity index (χ0n) is 13.6. The molecule has 22 heavy (non-hydrogen) atoms. The average molecular weight is 311 g/mol. The van der Waals surface area contributed by atoms with Crippen LogP contribution >= 0.6 is 0 Å². The van der Waals surface area contributed by atoms with Crippen molar-refractivity contribution < 1.29 is 23.8 Å². The van der Waals surface area contributed by atoms with Gasteiger partial charge in [0.1, 0.15) is 17.1 Å². The summed E-state index contributed by atoms with van der Waals surface area (Å²) in [4.78, 5) is 22.8. The van der Waals surface area contributed by atoms with E-state index in [0.29, 0.717) is 48.9 Å². The monoisotopic (exact) mass is 311 g/mol. The van der Waals surface area contributed by atoms with Gasteiger partial charge in [-0.05, 0) is 18.4 Å². The first kappa shape index (κ1) is 18.2. The molecule has 1 unspecified atom stereocenters. The van der Waals surface area contributed by atoms with E-state index >= 15 is 0 Å². The molecule has 0 aliphatic heterocycles. The third kappa shape index (κ3) is 5.18. The molecule has 1 heterocycles. The zero-order valence-corrected chi connectivity index (χ0v) is 13.6. The number of furan rings is 1. The number of aryl methyl sites for hydroxylation is 1. The largest absolute Gasteiger partial charge is 0.481 e. The first-order valence-corrected chi connectivity index (χ1v) is 7.52. The van der Waals surface area contributed by atoms with Gasteiger partial charge in [-0.2, -0.15) is 0 Å². The van der Waals surface area contributed by atoms with Gasteiger partial charge in [-0.1, -0.05) is 20.8 Å². The van der Waals surface area contributed by atoms with Gasteiger partial charge in [0.2, 0.25) is 0 Å². The lowest BCUT2D eigenvalue weighted by molar-refractivity contribution is -0.142. The number of nitrogens with one attached hydrogen (secondary N) is 1. The summed E-state index contributed by atoms with van der Waals surface area (Å²) < 4.78 is 10.3. The minimum atomic E-state index is -0.801. The van der Waals surface area contributed by atoms with Crippen LogP contribution in [0.5, 0.6) is 0 Å². The molecule has 0 bridgehead atoms. The second-order valence-corrected chi connectivity index (χ2v) is 5.69. The van der Waals surface area contributed by atoms with Gasteiger partial charge in [0.05, 0.1) is 19.6 Å². The highest BCUT2D eigenvalue weighted by atomic mass is 16.5. The molecule has 0 aromatic carbocycles. The highest BCUT2D eigenvalue weighted by Gasteiger charge is 2.20. The molecule has 124 valence electrons. The summed E-state index contributed by atoms with van der Waals surface area (Å²) in [6.07, 6.45) is 1.21. The number of hydrogen-bond donors (Lipinski definition) is 2. The molecule has 0 fully saturated rings. The second kappa shape index (κ2) is 8.58. The third-order valence-corrected chi connectivity index (χ3v) is 3.38. The summed E-state index contributed by atoms with van der Waals surface area (Å²) in [7, 11) is 1.33. The molecule has 1 atom stereocenters. The van der Waals surface area contributed by atoms with E-state index < -0.39 is 17.9 Å². The molecule has 0 saturated carbocycles. The molecule has 0 amide bonds. The molecule has 0 saturated heterocycles. The fourth-order valence-electron chi connectivity index (χ4n) is 2.33. The molecule has 0 aliphatic rings. The summed E-state index contributed by atoms with van der Waals surface area (Å²) in [6.45, 7) is 6.64. The quantitative estimate of drug-likeness (QED) is 0.681. The van der Waals surface area contributed by atoms with Crippen molar-refractivity contribution in [3.05, 3.63) is 23.2 Å². The summed E-state index contributed by atoms with van der Waals surface area (Å²) >= 11 is 0. The van der Waals surface area contributed by atoms with E-state index in [9.17, 15) is 14.7 Å². The van der Waals surface area contributed by atoms with Crippen molar-refractivity contribution in [1.29, 1.82) is 0 Å². The number of esters is 1. The van der Waals surface area contributed by atoms with Crippen LogP contribution in [-0.4, -0.2) is 30.7 Å². The van der Waals surface area contributed by atoms with E-state index in [1.807, 2.05) is 20.8 Å². The minimum absolute atomic E-state index is 0.323. The fraction of sp³-hybridized carbons (Fsp3) is 0.625. The topological polar surface area (TPSA) is 88.8 Å². The normalized spacial score (nSPS) is 12.4. The van der Waals surface area contributed by atoms with Crippen LogP contribution < -0.4 is 5.32 Å². The number of methoxy groups -OCH3 is 1. The van der Waals surface area contributed by atoms with E-state index in [-0.39, 0.29) is 0 Å². The molecular weight excluding hydrogens is 286 g/mol. The number of aliphatic carboxylic acids is 1. The van der Waals surface area contributed by atoms with Crippen molar-refractivity contribution in [2.75, 3.05) is 13.7 Å². The van der Waals surface area contributed by atoms with Crippen LogP contribution in [0.2, 0.25) is 0 Å². The number of hydrogen-bond acceptors (Lipinski definition) is 5. The Morgan fingerprint density at radius 1 is 1.41 bits per heavy atom. The summed E-state index contributed by atoms with van der Waals surface area (Å²) in [6, 6.07) is 1.65. The number of rotatable bonds is 9. The number of carbonyl (C=O) groups is 2. The van der Waals surface area contributed by atoms with Crippen molar-refractivity contribution in [1.82, 2.24) is 5.32 Å². The fourth-order valence-corrected chi connectivity index (χ4v) is 2.33. The van der Waals surface area contributed by atoms with Crippen LogP contribution in [0.25, 0.3) is 0 Å². The number of carboxylic acid groups (broad SMARTS) is 1. The number of ether oxygens (including phenoxy) is 1. The highest BCUT2D eigenvalue weighted by Crippen LogP contribution is 2.18. The molecule has 6 heteroatoms. The predicted molar refractivity (Wildman–Crippen MR) is 81.7 cm³/mol. The Bertz CT molecular complexity index is 507. The standard InChI is InChI=1S/C16H25NO5/c1-5-14-13(16(20)21-4)7-12(22-14)9-17-8-11(15(18)19)6-10(2)3/h7,10-11,17H,5-6,8-9H2,1-4H3,(H,18,19). The van der Waals surface area contributed by atoms with E-state index in [4.69, 9.17) is 9.15 Å². The van der Waals surface area contributed by atoms with Crippen LogP contribution in [0.3, 0.4) is 0 Å². The van der Waals surface area contributed by atoms with Gasteiger partial charge in [0, 0.05) is 13.0 Å². The van der Waals surface area contributed by atoms with Gasteiger partial charge in [-0.3, -0.25) is 4.79 Å². The van der Waals surface area contributed by atoms with Crippen molar-refractivity contribution in [2.45, 2.75) is 40.2 Å². The minimum Gasteiger partial charge on any atom is -0.481 e. The van der Waals surface area contributed by atoms with Crippen LogP contribution in [0.4, 0.5) is 0 Å². The molecule has 1 aromatic heterocycles. The molecule has 0 radical (unpaired) electrons. The maximum Gasteiger partial charge on any atom is 0.341 e. The second-order valence-electron chi connectivity index (χ2n) is 5.69. The van der Waals surface area contributed by atoms with Gasteiger partial charge >= 0.3 is 11.9 Å². The van der Waals surface area contributed by atoms with E-state index in [1.54, 1.807) is 6.07 Å². The molecule has 2 N–H and O–H groups in total. The van der Waals surface area contributed by atoms with Gasteiger partial charge in [-0.15, -0.1) is 0 Å². The number of carbonyl (C=O) groups excluding carboxylic acids is 1. The van der Waals surface area contributed by atoms with Gasteiger partial charge in [0.25, 0.3) is 0 Å². The van der Waals surface area contributed by atoms with Crippen molar-refractivity contribution >= 4 is 11.9 Å². The molecule has 1 rings (SSSR count). The Morgan fingerprint density at radius 3 is 2.59 bits per heavy atom. The molecule has 6 nitrogen and oxygen atoms in total. The van der Waals surface area contributed by atoms with Crippen LogP contribution in [0.1, 0.15) is 49.1 Å². The lowest BCUT2D eigenvalue weighted by Gasteiger charge is -2.14. The molecule has 0 spiro atoms. The van der Waals surface area contributed by atoms with Crippen molar-refractivity contribution in [2.24, 2.45) is 11.8 Å². The summed E-state index contributed by atoms with van der Waals surface area (Å²) in [5, 5.41) is 12.3. The van der Waals surface area contributed by atoms with Crippen molar-refractivity contribution in [3.8, 4) is 0 Å². The van der Waals surface area contributed by atoms with Gasteiger partial charge < -0.3 is 19.6 Å². The van der Waals surface area contributed by atoms with E-state index in [0.717, 1.165) is 0 Å². The predicted octanol–water partition coefficient (Wildman–Crippen LogP) is 2.47. The summed E-state index contributed by atoms with van der Waals surface area (Å²) in [5.74, 6) is -0.142.